The van der Waals surface area contributed by atoms with Crippen LogP contribution in [0.1, 0.15) is 56.5 Å². The van der Waals surface area contributed by atoms with E-state index in [2.05, 4.69) is 20.5 Å². The highest BCUT2D eigenvalue weighted by molar-refractivity contribution is 7.90. The first-order valence-electron chi connectivity index (χ1n) is 9.02. The Morgan fingerprint density at radius 2 is 1.85 bits per heavy atom. The Bertz CT molecular complexity index is 915. The highest BCUT2D eigenvalue weighted by Gasteiger charge is 2.41. The second-order valence-corrected chi connectivity index (χ2v) is 9.23. The monoisotopic (exact) mass is 391 g/mol. The first-order chi connectivity index (χ1) is 12.7. The van der Waals surface area contributed by atoms with E-state index in [0.717, 1.165) is 37.7 Å². The molecule has 0 aliphatic heterocycles. The Morgan fingerprint density at radius 1 is 1.22 bits per heavy atom. The molecule has 1 amide bonds. The lowest BCUT2D eigenvalue weighted by atomic mass is 9.68. The lowest BCUT2D eigenvalue weighted by Crippen LogP contribution is -2.46. The van der Waals surface area contributed by atoms with E-state index in [0.29, 0.717) is 5.82 Å². The van der Waals surface area contributed by atoms with Gasteiger partial charge in [0.1, 0.15) is 5.82 Å². The van der Waals surface area contributed by atoms with E-state index in [1.807, 2.05) is 6.92 Å². The van der Waals surface area contributed by atoms with Gasteiger partial charge in [0.05, 0.1) is 16.4 Å². The molecule has 0 bridgehead atoms. The van der Waals surface area contributed by atoms with E-state index in [4.69, 9.17) is 5.73 Å². The standard InChI is InChI=1S/C18H25N5O3S/c1-12(15-21-17(19)23-22-15)20-16(24)18(10-4-3-5-11-18)13-6-8-14(9-7-13)27(2,25)26/h6-9,12H,3-5,10-11H2,1-2H3,(H,20,24)(H3,19,21,22,23)/t12-/m0/s1. The third-order valence-corrected chi connectivity index (χ3v) is 6.38. The number of nitrogen functional groups attached to an aromatic ring is 1. The quantitative estimate of drug-likeness (QED) is 0.713. The molecule has 1 saturated carbocycles. The van der Waals surface area contributed by atoms with Crippen molar-refractivity contribution in [2.45, 2.75) is 55.4 Å². The van der Waals surface area contributed by atoms with Crippen LogP contribution in [0.3, 0.4) is 0 Å². The first-order valence-corrected chi connectivity index (χ1v) is 10.9. The van der Waals surface area contributed by atoms with Gasteiger partial charge in [0.2, 0.25) is 11.9 Å². The fourth-order valence-corrected chi connectivity index (χ4v) is 4.34. The summed E-state index contributed by atoms with van der Waals surface area (Å²) >= 11 is 0. The Morgan fingerprint density at radius 3 is 2.37 bits per heavy atom. The maximum atomic E-state index is 13.3. The van der Waals surface area contributed by atoms with Crippen molar-refractivity contribution in [2.75, 3.05) is 12.0 Å². The number of rotatable bonds is 5. The van der Waals surface area contributed by atoms with Crippen molar-refractivity contribution < 1.29 is 13.2 Å². The molecule has 27 heavy (non-hydrogen) atoms. The number of nitrogens with zero attached hydrogens (tertiary/aromatic N) is 2. The van der Waals surface area contributed by atoms with Gasteiger partial charge in [0.25, 0.3) is 0 Å². The summed E-state index contributed by atoms with van der Waals surface area (Å²) in [6, 6.07) is 6.32. The Kier molecular flexibility index (Phi) is 5.23. The fourth-order valence-electron chi connectivity index (χ4n) is 3.71. The van der Waals surface area contributed by atoms with Crippen LogP contribution in [0.5, 0.6) is 0 Å². The number of hydrogen-bond acceptors (Lipinski definition) is 6. The second kappa shape index (κ2) is 7.30. The lowest BCUT2D eigenvalue weighted by molar-refractivity contribution is -0.128. The normalized spacial score (nSPS) is 18.0. The van der Waals surface area contributed by atoms with Crippen molar-refractivity contribution in [2.24, 2.45) is 0 Å². The maximum Gasteiger partial charge on any atom is 0.239 e. The predicted octanol–water partition coefficient (Wildman–Crippen LogP) is 1.87. The molecule has 1 heterocycles. The predicted molar refractivity (Wildman–Crippen MR) is 102 cm³/mol. The molecule has 0 spiro atoms. The smallest absolute Gasteiger partial charge is 0.239 e. The van der Waals surface area contributed by atoms with Crippen molar-refractivity contribution in [1.82, 2.24) is 20.5 Å². The molecule has 0 radical (unpaired) electrons. The molecule has 146 valence electrons. The van der Waals surface area contributed by atoms with Crippen molar-refractivity contribution >= 4 is 21.7 Å². The van der Waals surface area contributed by atoms with Crippen LogP contribution in [0, 0.1) is 0 Å². The van der Waals surface area contributed by atoms with E-state index in [9.17, 15) is 13.2 Å². The van der Waals surface area contributed by atoms with Crippen molar-refractivity contribution in [1.29, 1.82) is 0 Å². The van der Waals surface area contributed by atoms with Crippen LogP contribution in [-0.4, -0.2) is 35.8 Å². The van der Waals surface area contributed by atoms with Gasteiger partial charge in [-0.05, 0) is 37.5 Å². The summed E-state index contributed by atoms with van der Waals surface area (Å²) < 4.78 is 23.5. The molecule has 1 aromatic heterocycles. The van der Waals surface area contributed by atoms with Crippen LogP contribution >= 0.6 is 0 Å². The molecule has 8 nitrogen and oxygen atoms in total. The van der Waals surface area contributed by atoms with Gasteiger partial charge >= 0.3 is 0 Å². The summed E-state index contributed by atoms with van der Waals surface area (Å²) in [5.74, 6) is 0.547. The van der Waals surface area contributed by atoms with Crippen LogP contribution in [-0.2, 0) is 20.0 Å². The number of carbonyl (C=O) groups excluding carboxylic acids is 1. The molecule has 3 rings (SSSR count). The number of nitrogens with two attached hydrogens (primary N) is 1. The van der Waals surface area contributed by atoms with Crippen LogP contribution in [0.15, 0.2) is 29.2 Å². The highest BCUT2D eigenvalue weighted by atomic mass is 32.2. The Balaban J connectivity index is 1.89. The van der Waals surface area contributed by atoms with Gasteiger partial charge in [-0.2, -0.15) is 4.98 Å². The maximum absolute atomic E-state index is 13.3. The first kappa shape index (κ1) is 19.3. The summed E-state index contributed by atoms with van der Waals surface area (Å²) in [5, 5.41) is 9.54. The van der Waals surface area contributed by atoms with Gasteiger partial charge in [-0.1, -0.05) is 31.4 Å². The number of sulfone groups is 1. The van der Waals surface area contributed by atoms with Gasteiger partial charge < -0.3 is 11.1 Å². The number of nitrogens with one attached hydrogen (secondary N) is 2. The molecule has 9 heteroatoms. The number of amides is 1. The van der Waals surface area contributed by atoms with E-state index in [-0.39, 0.29) is 22.8 Å². The Hall–Kier alpha value is -2.42. The number of aromatic nitrogens is 3. The highest BCUT2D eigenvalue weighted by Crippen LogP contribution is 2.40. The lowest BCUT2D eigenvalue weighted by Gasteiger charge is -2.37. The largest absolute Gasteiger partial charge is 0.367 e. The summed E-state index contributed by atoms with van der Waals surface area (Å²) in [6.45, 7) is 1.82. The van der Waals surface area contributed by atoms with Crippen LogP contribution < -0.4 is 11.1 Å². The number of carbonyl (C=O) groups is 1. The minimum atomic E-state index is -3.27. The van der Waals surface area contributed by atoms with E-state index < -0.39 is 15.3 Å². The molecule has 0 saturated heterocycles. The zero-order valence-electron chi connectivity index (χ0n) is 15.5. The number of aromatic amines is 1. The summed E-state index contributed by atoms with van der Waals surface area (Å²) in [4.78, 5) is 17.6. The average molecular weight is 391 g/mol. The minimum Gasteiger partial charge on any atom is -0.367 e. The van der Waals surface area contributed by atoms with Gasteiger partial charge in [0.15, 0.2) is 9.84 Å². The van der Waals surface area contributed by atoms with Crippen LogP contribution in [0.4, 0.5) is 5.95 Å². The zero-order valence-corrected chi connectivity index (χ0v) is 16.3. The summed E-state index contributed by atoms with van der Waals surface area (Å²) in [5.41, 5.74) is 5.71. The van der Waals surface area contributed by atoms with Crippen LogP contribution in [0.2, 0.25) is 0 Å². The summed E-state index contributed by atoms with van der Waals surface area (Å²) in [6.07, 6.45) is 5.61. The third kappa shape index (κ3) is 3.97. The molecule has 1 aromatic carbocycles. The molecule has 1 atom stereocenters. The van der Waals surface area contributed by atoms with Crippen LogP contribution in [0.25, 0.3) is 0 Å². The minimum absolute atomic E-state index is 0.0863. The molecule has 0 unspecified atom stereocenters. The molecule has 1 fully saturated rings. The van der Waals surface area contributed by atoms with Crippen molar-refractivity contribution in [3.8, 4) is 0 Å². The topological polar surface area (TPSA) is 131 Å². The zero-order chi connectivity index (χ0) is 19.7. The molecule has 1 aliphatic carbocycles. The fraction of sp³-hybridized carbons (Fsp3) is 0.500. The third-order valence-electron chi connectivity index (χ3n) is 5.25. The number of anilines is 1. The SMILES string of the molecule is C[C@H](NC(=O)C1(c2ccc(S(C)(=O)=O)cc2)CCCCC1)c1nc(N)n[nH]1. The number of hydrogen-bond donors (Lipinski definition) is 3. The van der Waals surface area contributed by atoms with E-state index in [1.54, 1.807) is 24.3 Å². The Labute approximate surface area is 158 Å². The van der Waals surface area contributed by atoms with Gasteiger partial charge in [-0.3, -0.25) is 9.89 Å². The molecule has 4 N–H and O–H groups in total. The van der Waals surface area contributed by atoms with E-state index in [1.165, 1.54) is 6.26 Å². The van der Waals surface area contributed by atoms with Gasteiger partial charge in [0, 0.05) is 6.26 Å². The molecule has 1 aliphatic rings. The number of H-pyrrole nitrogens is 1. The summed E-state index contributed by atoms with van der Waals surface area (Å²) in [7, 11) is -3.27. The molecular formula is C18H25N5O3S. The average Bonchev–Trinajstić information content (AvgIpc) is 3.08. The van der Waals surface area contributed by atoms with E-state index >= 15 is 0 Å². The van der Waals surface area contributed by atoms with Gasteiger partial charge in [-0.15, -0.1) is 5.10 Å². The van der Waals surface area contributed by atoms with Crippen molar-refractivity contribution in [3.63, 3.8) is 0 Å². The molecule has 2 aromatic rings. The van der Waals surface area contributed by atoms with Gasteiger partial charge in [-0.25, -0.2) is 8.42 Å². The number of benzene rings is 1. The van der Waals surface area contributed by atoms with Crippen molar-refractivity contribution in [3.05, 3.63) is 35.7 Å². The second-order valence-electron chi connectivity index (χ2n) is 7.21. The molecular weight excluding hydrogens is 366 g/mol.